The van der Waals surface area contributed by atoms with Crippen LogP contribution in [0.25, 0.3) is 0 Å². The van der Waals surface area contributed by atoms with E-state index in [4.69, 9.17) is 8.97 Å². The summed E-state index contributed by atoms with van der Waals surface area (Å²) in [5.41, 5.74) is 0. The maximum atomic E-state index is 11.4. The van der Waals surface area contributed by atoms with Gasteiger partial charge in [0.1, 0.15) is 5.76 Å². The standard InChI is InChI=1S/C11H17NO5S.Na.H/c1-2-3-8-12-10(13)6-4-9-5-7-11(17-9)18(14,15)16;;/h5,7H,2-4,6,8H2,1H3,(H,12,13)(H,14,15,16);;/q;+1;-1. The second kappa shape index (κ2) is 8.76. The van der Waals surface area contributed by atoms with E-state index in [-0.39, 0.29) is 43.3 Å². The van der Waals surface area contributed by atoms with Crippen molar-refractivity contribution in [3.8, 4) is 0 Å². The van der Waals surface area contributed by atoms with Crippen LogP contribution in [0.4, 0.5) is 0 Å². The molecule has 0 aliphatic carbocycles. The first-order chi connectivity index (χ1) is 8.43. The molecule has 0 aliphatic rings. The van der Waals surface area contributed by atoms with Crippen LogP contribution in [0.3, 0.4) is 0 Å². The van der Waals surface area contributed by atoms with E-state index < -0.39 is 15.2 Å². The number of unbranched alkanes of at least 4 members (excludes halogenated alkanes) is 1. The summed E-state index contributed by atoms with van der Waals surface area (Å²) in [6, 6.07) is 2.60. The number of carbonyl (C=O) groups excluding carboxylic acids is 1. The largest absolute Gasteiger partial charge is 1.00 e. The minimum Gasteiger partial charge on any atom is -1.00 e. The summed E-state index contributed by atoms with van der Waals surface area (Å²) in [5, 5.41) is 2.25. The fourth-order valence-electron chi connectivity index (χ4n) is 1.36. The molecule has 0 unspecified atom stereocenters. The van der Waals surface area contributed by atoms with E-state index in [2.05, 4.69) is 5.32 Å². The number of rotatable bonds is 7. The topological polar surface area (TPSA) is 96.6 Å². The molecule has 0 atom stereocenters. The van der Waals surface area contributed by atoms with Gasteiger partial charge in [0.05, 0.1) is 0 Å². The molecule has 0 saturated heterocycles. The first-order valence-electron chi connectivity index (χ1n) is 5.76. The molecule has 0 aliphatic heterocycles. The number of amides is 1. The fourth-order valence-corrected chi connectivity index (χ4v) is 1.81. The molecule has 1 heterocycles. The number of hydrogen-bond acceptors (Lipinski definition) is 4. The zero-order valence-electron chi connectivity index (χ0n) is 12.2. The molecule has 1 amide bonds. The Bertz CT molecular complexity index is 503. The monoisotopic (exact) mass is 299 g/mol. The first kappa shape index (κ1) is 18.7. The molecule has 1 aromatic rings. The quantitative estimate of drug-likeness (QED) is 0.362. The Hall–Kier alpha value is -0.340. The van der Waals surface area contributed by atoms with Gasteiger partial charge in [0.25, 0.3) is 0 Å². The first-order valence-corrected chi connectivity index (χ1v) is 7.20. The number of nitrogens with one attached hydrogen (secondary N) is 1. The van der Waals surface area contributed by atoms with Crippen molar-refractivity contribution in [2.45, 2.75) is 37.7 Å². The van der Waals surface area contributed by atoms with Crippen LogP contribution in [0.15, 0.2) is 21.6 Å². The van der Waals surface area contributed by atoms with Gasteiger partial charge in [-0.15, -0.1) is 0 Å². The predicted octanol–water partition coefficient (Wildman–Crippen LogP) is -1.51. The fraction of sp³-hybridized carbons (Fsp3) is 0.545. The van der Waals surface area contributed by atoms with Crippen molar-refractivity contribution in [1.29, 1.82) is 0 Å². The van der Waals surface area contributed by atoms with Gasteiger partial charge in [-0.2, -0.15) is 8.42 Å². The Balaban J connectivity index is 0. The van der Waals surface area contributed by atoms with Crippen molar-refractivity contribution in [3.05, 3.63) is 17.9 Å². The molecule has 0 radical (unpaired) electrons. The molecular weight excluding hydrogens is 281 g/mol. The minimum absolute atomic E-state index is 0. The average molecular weight is 299 g/mol. The van der Waals surface area contributed by atoms with Crippen LogP contribution in [-0.2, 0) is 21.3 Å². The summed E-state index contributed by atoms with van der Waals surface area (Å²) >= 11 is 0. The van der Waals surface area contributed by atoms with Crippen LogP contribution < -0.4 is 34.9 Å². The third-order valence-electron chi connectivity index (χ3n) is 2.34. The van der Waals surface area contributed by atoms with Gasteiger partial charge in [-0.25, -0.2) is 0 Å². The normalized spacial score (nSPS) is 10.8. The molecule has 8 heteroatoms. The maximum Gasteiger partial charge on any atom is 1.00 e. The molecule has 0 spiro atoms. The summed E-state index contributed by atoms with van der Waals surface area (Å²) in [7, 11) is -4.31. The van der Waals surface area contributed by atoms with Crippen molar-refractivity contribution in [1.82, 2.24) is 5.32 Å². The third kappa shape index (κ3) is 7.12. The SMILES string of the molecule is CCCCNC(=O)CCc1ccc(S(=O)(=O)O)o1.[H-].[Na+]. The molecule has 19 heavy (non-hydrogen) atoms. The maximum absolute atomic E-state index is 11.4. The predicted molar refractivity (Wildman–Crippen MR) is 65.9 cm³/mol. The Kier molecular flexibility index (Phi) is 8.60. The van der Waals surface area contributed by atoms with Gasteiger partial charge in [-0.1, -0.05) is 13.3 Å². The van der Waals surface area contributed by atoms with E-state index in [1.165, 1.54) is 12.1 Å². The second-order valence-electron chi connectivity index (χ2n) is 3.90. The number of aryl methyl sites for hydroxylation is 1. The smallest absolute Gasteiger partial charge is 1.00 e. The molecule has 0 fully saturated rings. The van der Waals surface area contributed by atoms with E-state index in [1.807, 2.05) is 6.92 Å². The van der Waals surface area contributed by atoms with Crippen molar-refractivity contribution >= 4 is 16.0 Å². The Morgan fingerprint density at radius 1 is 1.47 bits per heavy atom. The van der Waals surface area contributed by atoms with E-state index in [9.17, 15) is 13.2 Å². The van der Waals surface area contributed by atoms with Gasteiger partial charge >= 0.3 is 39.7 Å². The molecule has 0 saturated carbocycles. The van der Waals surface area contributed by atoms with Crippen molar-refractivity contribution in [3.63, 3.8) is 0 Å². The minimum atomic E-state index is -4.31. The molecule has 6 nitrogen and oxygen atoms in total. The zero-order chi connectivity index (χ0) is 13.6. The second-order valence-corrected chi connectivity index (χ2v) is 5.25. The van der Waals surface area contributed by atoms with Crippen molar-refractivity contribution in [2.24, 2.45) is 0 Å². The zero-order valence-corrected chi connectivity index (χ0v) is 14.0. The van der Waals surface area contributed by atoms with Gasteiger partial charge in [-0.05, 0) is 18.6 Å². The van der Waals surface area contributed by atoms with E-state index >= 15 is 0 Å². The van der Waals surface area contributed by atoms with Gasteiger partial charge in [0.2, 0.25) is 11.0 Å². The van der Waals surface area contributed by atoms with Gasteiger partial charge in [0, 0.05) is 19.4 Å². The van der Waals surface area contributed by atoms with E-state index in [0.29, 0.717) is 18.7 Å². The van der Waals surface area contributed by atoms with E-state index in [1.54, 1.807) is 0 Å². The Labute approximate surface area is 136 Å². The van der Waals surface area contributed by atoms with Gasteiger partial charge in [0.15, 0.2) is 0 Å². The van der Waals surface area contributed by atoms with Crippen molar-refractivity contribution < 1.29 is 53.2 Å². The van der Waals surface area contributed by atoms with Crippen LogP contribution in [0.2, 0.25) is 0 Å². The molecule has 1 aromatic heterocycles. The van der Waals surface area contributed by atoms with Crippen LogP contribution in [0, 0.1) is 0 Å². The Morgan fingerprint density at radius 3 is 2.68 bits per heavy atom. The van der Waals surface area contributed by atoms with E-state index in [0.717, 1.165) is 12.8 Å². The van der Waals surface area contributed by atoms with Gasteiger partial charge < -0.3 is 11.2 Å². The number of carbonyl (C=O) groups is 1. The van der Waals surface area contributed by atoms with Crippen LogP contribution in [-0.4, -0.2) is 25.4 Å². The average Bonchev–Trinajstić information content (AvgIpc) is 2.75. The number of hydrogen-bond donors (Lipinski definition) is 2. The molecule has 2 N–H and O–H groups in total. The van der Waals surface area contributed by atoms with Crippen molar-refractivity contribution in [2.75, 3.05) is 6.54 Å². The Morgan fingerprint density at radius 2 is 2.16 bits per heavy atom. The third-order valence-corrected chi connectivity index (χ3v) is 3.07. The van der Waals surface area contributed by atoms with Gasteiger partial charge in [-0.3, -0.25) is 9.35 Å². The summed E-state index contributed by atoms with van der Waals surface area (Å²) < 4.78 is 35.1. The van der Waals surface area contributed by atoms with Crippen LogP contribution in [0.5, 0.6) is 0 Å². The van der Waals surface area contributed by atoms with Crippen LogP contribution >= 0.6 is 0 Å². The summed E-state index contributed by atoms with van der Waals surface area (Å²) in [4.78, 5) is 11.4. The molecule has 0 bridgehead atoms. The summed E-state index contributed by atoms with van der Waals surface area (Å²) in [6.45, 7) is 2.68. The summed E-state index contributed by atoms with van der Waals surface area (Å²) in [5.74, 6) is 0.251. The molecule has 0 aromatic carbocycles. The molecule has 104 valence electrons. The van der Waals surface area contributed by atoms with Crippen LogP contribution in [0.1, 0.15) is 33.4 Å². The molecular formula is C11H18NNaO5S. The number of furan rings is 1. The summed E-state index contributed by atoms with van der Waals surface area (Å²) in [6.07, 6.45) is 2.46. The molecule has 1 rings (SSSR count).